The van der Waals surface area contributed by atoms with Crippen molar-refractivity contribution in [3.63, 3.8) is 0 Å². The summed E-state index contributed by atoms with van der Waals surface area (Å²) in [5.41, 5.74) is 2.26. The van der Waals surface area contributed by atoms with Gasteiger partial charge in [0.15, 0.2) is 6.61 Å². The molecule has 136 valence electrons. The first-order valence-corrected chi connectivity index (χ1v) is 8.38. The maximum absolute atomic E-state index is 11.8. The maximum Gasteiger partial charge on any atom is 0.306 e. The molecule has 2 aromatic carbocycles. The molecule has 0 fully saturated rings. The van der Waals surface area contributed by atoms with Crippen LogP contribution in [0.15, 0.2) is 48.5 Å². The van der Waals surface area contributed by atoms with E-state index in [1.54, 1.807) is 36.4 Å². The van der Waals surface area contributed by atoms with E-state index < -0.39 is 18.5 Å². The minimum atomic E-state index is -0.620. The molecule has 2 rings (SSSR count). The molecule has 2 aromatic rings. The Kier molecular flexibility index (Phi) is 7.17. The largest absolute Gasteiger partial charge is 0.456 e. The summed E-state index contributed by atoms with van der Waals surface area (Å²) in [6, 6.07) is 13.9. The molecule has 0 saturated heterocycles. The van der Waals surface area contributed by atoms with Crippen LogP contribution < -0.4 is 10.6 Å². The lowest BCUT2D eigenvalue weighted by atomic mass is 10.2. The van der Waals surface area contributed by atoms with Crippen molar-refractivity contribution in [3.8, 4) is 0 Å². The van der Waals surface area contributed by atoms with Gasteiger partial charge in [0.05, 0.1) is 6.42 Å². The fraction of sp³-hybridized carbons (Fsp3) is 0.211. The summed E-state index contributed by atoms with van der Waals surface area (Å²) in [6.07, 6.45) is -0.134. The number of hydrogen-bond acceptors (Lipinski definition) is 4. The molecule has 0 heterocycles. The average Bonchev–Trinajstić information content (AvgIpc) is 2.60. The second-order valence-corrected chi connectivity index (χ2v) is 6.07. The molecule has 0 spiro atoms. The van der Waals surface area contributed by atoms with Gasteiger partial charge in [0, 0.05) is 22.8 Å². The molecule has 0 aliphatic heterocycles. The van der Waals surface area contributed by atoms with Crippen LogP contribution in [0.3, 0.4) is 0 Å². The predicted molar refractivity (Wildman–Crippen MR) is 100 cm³/mol. The van der Waals surface area contributed by atoms with Crippen molar-refractivity contribution in [3.05, 3.63) is 59.1 Å². The molecule has 0 saturated carbocycles. The molecule has 0 aromatic heterocycles. The molecular weight excluding hydrogens is 356 g/mol. The zero-order valence-electron chi connectivity index (χ0n) is 14.3. The molecule has 0 radical (unpaired) electrons. The lowest BCUT2D eigenvalue weighted by molar-refractivity contribution is -0.147. The summed E-state index contributed by atoms with van der Waals surface area (Å²) in [5, 5.41) is 5.73. The Morgan fingerprint density at radius 1 is 0.923 bits per heavy atom. The van der Waals surface area contributed by atoms with E-state index in [1.165, 1.54) is 0 Å². The van der Waals surface area contributed by atoms with Crippen LogP contribution in [-0.2, 0) is 19.1 Å². The monoisotopic (exact) mass is 374 g/mol. The van der Waals surface area contributed by atoms with Gasteiger partial charge in [-0.25, -0.2) is 0 Å². The normalized spacial score (nSPS) is 10.1. The number of halogens is 1. The number of carbonyl (C=O) groups excluding carboxylic acids is 3. The van der Waals surface area contributed by atoms with Crippen LogP contribution in [0.2, 0.25) is 5.02 Å². The molecule has 0 aliphatic carbocycles. The molecule has 0 unspecified atom stereocenters. The molecule has 26 heavy (non-hydrogen) atoms. The zero-order valence-corrected chi connectivity index (χ0v) is 15.0. The van der Waals surface area contributed by atoms with Crippen molar-refractivity contribution in [2.45, 2.75) is 19.8 Å². The Labute approximate surface area is 156 Å². The highest BCUT2D eigenvalue weighted by Gasteiger charge is 2.11. The van der Waals surface area contributed by atoms with Crippen LogP contribution in [0, 0.1) is 6.92 Å². The number of esters is 1. The van der Waals surface area contributed by atoms with Gasteiger partial charge in [-0.3, -0.25) is 14.4 Å². The first-order chi connectivity index (χ1) is 12.4. The van der Waals surface area contributed by atoms with Crippen LogP contribution in [-0.4, -0.2) is 24.4 Å². The summed E-state index contributed by atoms with van der Waals surface area (Å²) >= 11 is 5.82. The van der Waals surface area contributed by atoms with E-state index >= 15 is 0 Å². The maximum atomic E-state index is 11.8. The van der Waals surface area contributed by atoms with E-state index in [9.17, 15) is 14.4 Å². The van der Waals surface area contributed by atoms with Crippen LogP contribution in [0.25, 0.3) is 0 Å². The van der Waals surface area contributed by atoms with Crippen LogP contribution >= 0.6 is 11.6 Å². The highest BCUT2D eigenvalue weighted by atomic mass is 35.5. The molecule has 2 amide bonds. The fourth-order valence-corrected chi connectivity index (χ4v) is 2.25. The molecule has 0 bridgehead atoms. The summed E-state index contributed by atoms with van der Waals surface area (Å²) in [7, 11) is 0. The number of hydrogen-bond donors (Lipinski definition) is 2. The fourth-order valence-electron chi connectivity index (χ4n) is 2.06. The molecule has 0 atom stereocenters. The number of ether oxygens (including phenoxy) is 1. The minimum Gasteiger partial charge on any atom is -0.456 e. The number of amides is 2. The van der Waals surface area contributed by atoms with Crippen molar-refractivity contribution in [1.82, 2.24) is 0 Å². The topological polar surface area (TPSA) is 84.5 Å². The van der Waals surface area contributed by atoms with Gasteiger partial charge in [-0.05, 0) is 37.3 Å². The Morgan fingerprint density at radius 3 is 2.31 bits per heavy atom. The van der Waals surface area contributed by atoms with Gasteiger partial charge in [0.2, 0.25) is 5.91 Å². The van der Waals surface area contributed by atoms with Gasteiger partial charge in [-0.15, -0.1) is 0 Å². The third-order valence-corrected chi connectivity index (χ3v) is 3.60. The highest BCUT2D eigenvalue weighted by molar-refractivity contribution is 6.30. The number of carbonyl (C=O) groups is 3. The first-order valence-electron chi connectivity index (χ1n) is 8.00. The summed E-state index contributed by atoms with van der Waals surface area (Å²) in [4.78, 5) is 35.2. The van der Waals surface area contributed by atoms with Crippen molar-refractivity contribution in [1.29, 1.82) is 0 Å². The Hall–Kier alpha value is -2.86. The summed E-state index contributed by atoms with van der Waals surface area (Å²) < 4.78 is 4.86. The average molecular weight is 375 g/mol. The van der Waals surface area contributed by atoms with E-state index in [1.807, 2.05) is 19.1 Å². The van der Waals surface area contributed by atoms with E-state index in [2.05, 4.69) is 10.6 Å². The van der Waals surface area contributed by atoms with Gasteiger partial charge < -0.3 is 15.4 Å². The number of rotatable bonds is 7. The first kappa shape index (κ1) is 19.5. The number of anilines is 2. The van der Waals surface area contributed by atoms with Gasteiger partial charge in [-0.2, -0.15) is 0 Å². The van der Waals surface area contributed by atoms with E-state index in [0.717, 1.165) is 5.56 Å². The quantitative estimate of drug-likeness (QED) is 0.726. The van der Waals surface area contributed by atoms with Crippen molar-refractivity contribution in [2.24, 2.45) is 0 Å². The minimum absolute atomic E-state index is 0.0252. The van der Waals surface area contributed by atoms with Crippen LogP contribution in [0.5, 0.6) is 0 Å². The highest BCUT2D eigenvalue weighted by Crippen LogP contribution is 2.14. The molecule has 2 N–H and O–H groups in total. The zero-order chi connectivity index (χ0) is 18.9. The molecule has 7 heteroatoms. The third kappa shape index (κ3) is 6.94. The van der Waals surface area contributed by atoms with Gasteiger partial charge in [0.25, 0.3) is 5.91 Å². The lowest BCUT2D eigenvalue weighted by Crippen LogP contribution is -2.21. The second kappa shape index (κ2) is 9.58. The van der Waals surface area contributed by atoms with E-state index in [0.29, 0.717) is 16.4 Å². The van der Waals surface area contributed by atoms with Gasteiger partial charge in [0.1, 0.15) is 0 Å². The number of aryl methyl sites for hydroxylation is 1. The molecular formula is C19H19ClN2O4. The summed E-state index contributed by atoms with van der Waals surface area (Å²) in [5.74, 6) is -1.40. The predicted octanol–water partition coefficient (Wildman–Crippen LogP) is 3.55. The Balaban J connectivity index is 1.67. The van der Waals surface area contributed by atoms with Crippen LogP contribution in [0.1, 0.15) is 18.4 Å². The molecule has 6 nitrogen and oxygen atoms in total. The lowest BCUT2D eigenvalue weighted by Gasteiger charge is -2.07. The number of benzene rings is 2. The summed E-state index contributed by atoms with van der Waals surface area (Å²) in [6.45, 7) is 1.52. The van der Waals surface area contributed by atoms with Gasteiger partial charge in [-0.1, -0.05) is 35.4 Å². The Morgan fingerprint density at radius 2 is 1.62 bits per heavy atom. The van der Waals surface area contributed by atoms with Crippen LogP contribution in [0.4, 0.5) is 11.4 Å². The van der Waals surface area contributed by atoms with Crippen molar-refractivity contribution >= 4 is 40.8 Å². The van der Waals surface area contributed by atoms with E-state index in [4.69, 9.17) is 16.3 Å². The third-order valence-electron chi connectivity index (χ3n) is 3.36. The van der Waals surface area contributed by atoms with E-state index in [-0.39, 0.29) is 18.7 Å². The van der Waals surface area contributed by atoms with Gasteiger partial charge >= 0.3 is 5.97 Å². The second-order valence-electron chi connectivity index (χ2n) is 5.63. The SMILES string of the molecule is Cc1ccc(NC(=O)CCC(=O)OCC(=O)Nc2cccc(Cl)c2)cc1. The Bertz CT molecular complexity index is 790. The molecule has 0 aliphatic rings. The number of nitrogens with one attached hydrogen (secondary N) is 2. The smallest absolute Gasteiger partial charge is 0.306 e. The standard InChI is InChI=1S/C19H19ClN2O4/c1-13-5-7-15(8-6-13)21-17(23)9-10-19(25)26-12-18(24)22-16-4-2-3-14(20)11-16/h2-8,11H,9-10,12H2,1H3,(H,21,23)(H,22,24). The van der Waals surface area contributed by atoms with Crippen molar-refractivity contribution in [2.75, 3.05) is 17.2 Å². The van der Waals surface area contributed by atoms with Crippen molar-refractivity contribution < 1.29 is 19.1 Å².